The van der Waals surface area contributed by atoms with E-state index in [0.29, 0.717) is 22.7 Å². The first-order chi connectivity index (χ1) is 14.9. The molecule has 0 spiro atoms. The number of allylic oxidation sites excluding steroid dienone is 1. The number of rotatable bonds is 6. The van der Waals surface area contributed by atoms with E-state index in [4.69, 9.17) is 0 Å². The highest BCUT2D eigenvalue weighted by Gasteiger charge is 2.18. The van der Waals surface area contributed by atoms with Crippen LogP contribution in [-0.4, -0.2) is 21.6 Å². The molecular formula is C22H21F2N3O3S. The number of aromatic nitrogens is 2. The molecule has 0 radical (unpaired) electrons. The van der Waals surface area contributed by atoms with E-state index >= 15 is 0 Å². The number of hydrogen-bond donors (Lipinski definition) is 1. The first-order valence-electron chi connectivity index (χ1n) is 10.1. The fourth-order valence-corrected chi connectivity index (χ4v) is 4.65. The molecule has 0 fully saturated rings. The molecule has 0 aliphatic heterocycles. The van der Waals surface area contributed by atoms with E-state index in [9.17, 15) is 23.2 Å². The van der Waals surface area contributed by atoms with Crippen molar-refractivity contribution in [3.63, 3.8) is 0 Å². The van der Waals surface area contributed by atoms with Gasteiger partial charge in [-0.3, -0.25) is 14.2 Å². The van der Waals surface area contributed by atoms with E-state index in [2.05, 4.69) is 11.4 Å². The second-order valence-corrected chi connectivity index (χ2v) is 8.40. The Morgan fingerprint density at radius 3 is 2.61 bits per heavy atom. The molecule has 4 rings (SSSR count). The summed E-state index contributed by atoms with van der Waals surface area (Å²) in [6, 6.07) is 4.06. The average Bonchev–Trinajstić information content (AvgIpc) is 3.21. The number of carbonyl (C=O) groups is 1. The van der Waals surface area contributed by atoms with Crippen LogP contribution in [0.5, 0.6) is 0 Å². The Morgan fingerprint density at radius 1 is 1.13 bits per heavy atom. The number of hydrogen-bond acceptors (Lipinski definition) is 4. The molecule has 0 saturated carbocycles. The molecule has 0 bridgehead atoms. The van der Waals surface area contributed by atoms with Gasteiger partial charge in [0.1, 0.15) is 22.9 Å². The van der Waals surface area contributed by atoms with Crippen molar-refractivity contribution < 1.29 is 13.6 Å². The minimum atomic E-state index is -0.908. The Morgan fingerprint density at radius 2 is 1.90 bits per heavy atom. The molecule has 31 heavy (non-hydrogen) atoms. The van der Waals surface area contributed by atoms with Gasteiger partial charge >= 0.3 is 5.69 Å². The predicted molar refractivity (Wildman–Crippen MR) is 116 cm³/mol. The van der Waals surface area contributed by atoms with Crippen LogP contribution in [0.4, 0.5) is 8.78 Å². The molecule has 0 unspecified atom stereocenters. The highest BCUT2D eigenvalue weighted by atomic mass is 32.1. The molecule has 0 saturated heterocycles. The van der Waals surface area contributed by atoms with Crippen molar-refractivity contribution in [1.82, 2.24) is 14.5 Å². The van der Waals surface area contributed by atoms with Crippen molar-refractivity contribution in [2.45, 2.75) is 38.6 Å². The highest BCUT2D eigenvalue weighted by Crippen LogP contribution is 2.20. The lowest BCUT2D eigenvalue weighted by Crippen LogP contribution is -2.41. The minimum Gasteiger partial charge on any atom is -0.354 e. The summed E-state index contributed by atoms with van der Waals surface area (Å²) in [6.07, 6.45) is 7.44. The van der Waals surface area contributed by atoms with Gasteiger partial charge in [0.2, 0.25) is 5.91 Å². The highest BCUT2D eigenvalue weighted by molar-refractivity contribution is 7.17. The van der Waals surface area contributed by atoms with Crippen LogP contribution < -0.4 is 16.6 Å². The summed E-state index contributed by atoms with van der Waals surface area (Å²) >= 11 is 1.10. The first-order valence-corrected chi connectivity index (χ1v) is 11.0. The van der Waals surface area contributed by atoms with Crippen LogP contribution in [0.15, 0.2) is 50.9 Å². The second kappa shape index (κ2) is 8.97. The van der Waals surface area contributed by atoms with Crippen molar-refractivity contribution in [1.29, 1.82) is 0 Å². The Kier molecular flexibility index (Phi) is 6.13. The predicted octanol–water partition coefficient (Wildman–Crippen LogP) is 3.50. The maximum Gasteiger partial charge on any atom is 0.336 e. The summed E-state index contributed by atoms with van der Waals surface area (Å²) in [7, 11) is 0. The third-order valence-electron chi connectivity index (χ3n) is 5.32. The third kappa shape index (κ3) is 4.51. The molecule has 6 nitrogen and oxygen atoms in total. The maximum absolute atomic E-state index is 13.7. The van der Waals surface area contributed by atoms with Gasteiger partial charge < -0.3 is 5.32 Å². The van der Waals surface area contributed by atoms with Crippen LogP contribution >= 0.6 is 11.3 Å². The van der Waals surface area contributed by atoms with Crippen molar-refractivity contribution in [3.8, 4) is 5.69 Å². The summed E-state index contributed by atoms with van der Waals surface area (Å²) < 4.78 is 29.5. The van der Waals surface area contributed by atoms with Crippen LogP contribution in [0.3, 0.4) is 0 Å². The fraction of sp³-hybridized carbons (Fsp3) is 0.318. The number of nitrogens with one attached hydrogen (secondary N) is 1. The number of nitrogens with zero attached hydrogens (tertiary/aromatic N) is 2. The summed E-state index contributed by atoms with van der Waals surface area (Å²) in [4.78, 5) is 38.4. The van der Waals surface area contributed by atoms with Gasteiger partial charge in [0.05, 0.1) is 11.2 Å². The quantitative estimate of drug-likeness (QED) is 0.591. The summed E-state index contributed by atoms with van der Waals surface area (Å²) in [5.74, 6) is -2.19. The molecular weight excluding hydrogens is 424 g/mol. The maximum atomic E-state index is 13.7. The molecule has 2 heterocycles. The lowest BCUT2D eigenvalue weighted by molar-refractivity contribution is -0.121. The van der Waals surface area contributed by atoms with E-state index in [1.807, 2.05) is 0 Å². The molecule has 1 N–H and O–H groups in total. The zero-order chi connectivity index (χ0) is 22.0. The van der Waals surface area contributed by atoms with Crippen LogP contribution in [-0.2, 0) is 11.3 Å². The smallest absolute Gasteiger partial charge is 0.336 e. The zero-order valence-corrected chi connectivity index (χ0v) is 17.5. The third-order valence-corrected chi connectivity index (χ3v) is 6.21. The molecule has 1 aromatic carbocycles. The first kappa shape index (κ1) is 21.2. The molecule has 1 aliphatic carbocycles. The molecule has 0 atom stereocenters. The van der Waals surface area contributed by atoms with Gasteiger partial charge in [-0.2, -0.15) is 0 Å². The van der Waals surface area contributed by atoms with Gasteiger partial charge in [0.15, 0.2) is 0 Å². The second-order valence-electron chi connectivity index (χ2n) is 7.48. The Balaban J connectivity index is 1.64. The molecule has 2 aromatic heterocycles. The number of halogens is 2. The largest absolute Gasteiger partial charge is 0.354 e. The summed E-state index contributed by atoms with van der Waals surface area (Å²) in [6.45, 7) is 0.157. The lowest BCUT2D eigenvalue weighted by Gasteiger charge is -2.14. The monoisotopic (exact) mass is 445 g/mol. The van der Waals surface area contributed by atoms with E-state index in [0.717, 1.165) is 53.7 Å². The summed E-state index contributed by atoms with van der Waals surface area (Å²) in [5.41, 5.74) is -0.0861. The van der Waals surface area contributed by atoms with Gasteiger partial charge in [-0.25, -0.2) is 18.1 Å². The van der Waals surface area contributed by atoms with E-state index in [1.54, 1.807) is 11.4 Å². The van der Waals surface area contributed by atoms with E-state index in [1.165, 1.54) is 12.0 Å². The molecule has 1 aliphatic rings. The van der Waals surface area contributed by atoms with Gasteiger partial charge in [-0.15, -0.1) is 11.3 Å². The topological polar surface area (TPSA) is 73.1 Å². The van der Waals surface area contributed by atoms with E-state index in [-0.39, 0.29) is 22.8 Å². The Hall–Kier alpha value is -3.07. The van der Waals surface area contributed by atoms with Gasteiger partial charge in [0.25, 0.3) is 5.56 Å². The molecule has 162 valence electrons. The Labute approximate surface area is 180 Å². The normalized spacial score (nSPS) is 13.9. The van der Waals surface area contributed by atoms with E-state index < -0.39 is 22.9 Å². The summed E-state index contributed by atoms with van der Waals surface area (Å²) in [5, 5.41) is 4.44. The number of amides is 1. The number of benzene rings is 1. The standard InChI is InChI=1S/C22H21F2N3O3S/c23-15-10-16(24)12-17(11-15)27-21(29)20-18(7-9-31-20)26(22(27)30)13-19(28)25-8-6-14-4-2-1-3-5-14/h4,7,9-12H,1-3,5-6,8,13H2,(H,25,28). The Bertz CT molecular complexity index is 1270. The van der Waals surface area contributed by atoms with Gasteiger partial charge in [-0.05, 0) is 55.7 Å². The van der Waals surface area contributed by atoms with Crippen molar-refractivity contribution in [2.24, 2.45) is 0 Å². The average molecular weight is 445 g/mol. The van der Waals surface area contributed by atoms with Crippen LogP contribution in [0.25, 0.3) is 15.9 Å². The number of carbonyl (C=O) groups excluding carboxylic acids is 1. The minimum absolute atomic E-state index is 0.221. The number of thiophene rings is 1. The lowest BCUT2D eigenvalue weighted by atomic mass is 9.97. The van der Waals surface area contributed by atoms with Crippen molar-refractivity contribution >= 4 is 27.5 Å². The fourth-order valence-electron chi connectivity index (χ4n) is 3.83. The SMILES string of the molecule is O=C(Cn1c(=O)n(-c2cc(F)cc(F)c2)c(=O)c2sccc21)NCCC1=CCCCC1. The van der Waals surface area contributed by atoms with Gasteiger partial charge in [0, 0.05) is 12.6 Å². The zero-order valence-electron chi connectivity index (χ0n) is 16.7. The molecule has 9 heteroatoms. The van der Waals surface area contributed by atoms with Crippen LogP contribution in [0.2, 0.25) is 0 Å². The van der Waals surface area contributed by atoms with Gasteiger partial charge in [-0.1, -0.05) is 11.6 Å². The van der Waals surface area contributed by atoms with Crippen molar-refractivity contribution in [3.05, 3.63) is 73.8 Å². The molecule has 3 aromatic rings. The van der Waals surface area contributed by atoms with Crippen LogP contribution in [0.1, 0.15) is 32.1 Å². The molecule has 1 amide bonds. The van der Waals surface area contributed by atoms with Crippen molar-refractivity contribution in [2.75, 3.05) is 6.54 Å². The number of fused-ring (bicyclic) bond motifs is 1. The van der Waals surface area contributed by atoms with Crippen LogP contribution in [0, 0.1) is 11.6 Å².